The zero-order valence-electron chi connectivity index (χ0n) is 14.3. The van der Waals surface area contributed by atoms with Crippen molar-refractivity contribution in [2.45, 2.75) is 39.7 Å². The molecule has 0 saturated carbocycles. The van der Waals surface area contributed by atoms with Crippen LogP contribution >= 0.6 is 15.9 Å². The molecule has 130 valence electrons. The molecule has 1 aliphatic rings. The number of carbonyl (C=O) groups excluding carboxylic acids is 3. The van der Waals surface area contributed by atoms with Crippen LogP contribution in [0, 0.1) is 11.8 Å². The third kappa shape index (κ3) is 4.23. The summed E-state index contributed by atoms with van der Waals surface area (Å²) in [4.78, 5) is 38.9. The third-order valence-corrected chi connectivity index (χ3v) is 4.46. The van der Waals surface area contributed by atoms with Gasteiger partial charge in [0.05, 0.1) is 0 Å². The highest BCUT2D eigenvalue weighted by Crippen LogP contribution is 2.29. The highest BCUT2D eigenvalue weighted by Gasteiger charge is 2.41. The number of ether oxygens (including phenoxy) is 1. The van der Waals surface area contributed by atoms with Gasteiger partial charge in [-0.2, -0.15) is 0 Å². The number of amides is 2. The van der Waals surface area contributed by atoms with Gasteiger partial charge in [-0.15, -0.1) is 0 Å². The maximum Gasteiger partial charge on any atom is 0.417 e. The topological polar surface area (TPSA) is 63.7 Å². The lowest BCUT2D eigenvalue weighted by atomic mass is 9.84. The summed E-state index contributed by atoms with van der Waals surface area (Å²) < 4.78 is 5.94. The molecule has 1 saturated heterocycles. The normalized spacial score (nSPS) is 21.5. The Labute approximate surface area is 150 Å². The first-order valence-corrected chi connectivity index (χ1v) is 8.72. The van der Waals surface area contributed by atoms with Gasteiger partial charge >= 0.3 is 6.09 Å². The second kappa shape index (κ2) is 7.05. The predicted molar refractivity (Wildman–Crippen MR) is 93.7 cm³/mol. The standard InChI is InChI=1S/C18H22BrNO4/c1-11-9-13(15(21)12-7-5-6-8-14(12)19)16(22)20(10-11)17(23)24-18(2,3)4/h5-8,11,13H,9-10H2,1-4H3. The Balaban J connectivity index is 2.25. The van der Waals surface area contributed by atoms with Gasteiger partial charge in [0.2, 0.25) is 5.91 Å². The van der Waals surface area contributed by atoms with E-state index in [0.29, 0.717) is 16.5 Å². The molecule has 0 N–H and O–H groups in total. The smallest absolute Gasteiger partial charge is 0.417 e. The fourth-order valence-electron chi connectivity index (χ4n) is 2.72. The van der Waals surface area contributed by atoms with Crippen LogP contribution in [0.2, 0.25) is 0 Å². The Hall–Kier alpha value is -1.69. The zero-order chi connectivity index (χ0) is 18.1. The molecule has 2 rings (SSSR count). The minimum Gasteiger partial charge on any atom is -0.443 e. The van der Waals surface area contributed by atoms with Crippen molar-refractivity contribution in [3.63, 3.8) is 0 Å². The number of nitrogens with zero attached hydrogens (tertiary/aromatic N) is 1. The van der Waals surface area contributed by atoms with Crippen LogP contribution in [-0.2, 0) is 9.53 Å². The molecule has 0 bridgehead atoms. The van der Waals surface area contributed by atoms with E-state index in [4.69, 9.17) is 4.74 Å². The lowest BCUT2D eigenvalue weighted by molar-refractivity contribution is -0.136. The average Bonchev–Trinajstić information content (AvgIpc) is 2.47. The van der Waals surface area contributed by atoms with E-state index in [1.54, 1.807) is 45.0 Å². The van der Waals surface area contributed by atoms with Crippen molar-refractivity contribution in [2.75, 3.05) is 6.54 Å². The molecule has 1 heterocycles. The first-order chi connectivity index (χ1) is 11.1. The largest absolute Gasteiger partial charge is 0.443 e. The van der Waals surface area contributed by atoms with Crippen LogP contribution in [0.3, 0.4) is 0 Å². The number of hydrogen-bond acceptors (Lipinski definition) is 4. The van der Waals surface area contributed by atoms with Crippen molar-refractivity contribution in [3.05, 3.63) is 34.3 Å². The van der Waals surface area contributed by atoms with Crippen molar-refractivity contribution in [1.29, 1.82) is 0 Å². The van der Waals surface area contributed by atoms with E-state index >= 15 is 0 Å². The molecule has 2 amide bonds. The third-order valence-electron chi connectivity index (χ3n) is 3.77. The second-order valence-corrected chi connectivity index (χ2v) is 8.02. The van der Waals surface area contributed by atoms with Crippen LogP contribution in [0.1, 0.15) is 44.5 Å². The van der Waals surface area contributed by atoms with E-state index in [-0.39, 0.29) is 18.2 Å². The molecule has 1 aromatic rings. The molecule has 0 aliphatic carbocycles. The maximum absolute atomic E-state index is 12.8. The van der Waals surface area contributed by atoms with Crippen molar-refractivity contribution >= 4 is 33.7 Å². The Morgan fingerprint density at radius 2 is 1.88 bits per heavy atom. The summed E-state index contributed by atoms with van der Waals surface area (Å²) in [7, 11) is 0. The number of imide groups is 1. The van der Waals surface area contributed by atoms with E-state index in [9.17, 15) is 14.4 Å². The van der Waals surface area contributed by atoms with Crippen molar-refractivity contribution in [2.24, 2.45) is 11.8 Å². The van der Waals surface area contributed by atoms with Crippen molar-refractivity contribution in [3.8, 4) is 0 Å². The van der Waals surface area contributed by atoms with E-state index in [1.165, 1.54) is 0 Å². The quantitative estimate of drug-likeness (QED) is 0.559. The molecule has 6 heteroatoms. The summed E-state index contributed by atoms with van der Waals surface area (Å²) in [6.45, 7) is 7.42. The number of Topliss-reactive ketones (excluding diaryl/α,β-unsaturated/α-hetero) is 1. The van der Waals surface area contributed by atoms with Crippen LogP contribution in [-0.4, -0.2) is 34.8 Å². The highest BCUT2D eigenvalue weighted by atomic mass is 79.9. The van der Waals surface area contributed by atoms with Gasteiger partial charge in [-0.05, 0) is 39.2 Å². The molecule has 2 unspecified atom stereocenters. The monoisotopic (exact) mass is 395 g/mol. The first-order valence-electron chi connectivity index (χ1n) is 7.93. The summed E-state index contributed by atoms with van der Waals surface area (Å²) >= 11 is 3.35. The van der Waals surface area contributed by atoms with Crippen LogP contribution in [0.15, 0.2) is 28.7 Å². The Morgan fingerprint density at radius 1 is 1.25 bits per heavy atom. The number of piperidine rings is 1. The van der Waals surface area contributed by atoms with Crippen LogP contribution in [0.5, 0.6) is 0 Å². The van der Waals surface area contributed by atoms with Gasteiger partial charge < -0.3 is 4.74 Å². The first kappa shape index (κ1) is 18.6. The lowest BCUT2D eigenvalue weighted by Crippen LogP contribution is -2.51. The number of carbonyl (C=O) groups is 3. The number of hydrogen-bond donors (Lipinski definition) is 0. The number of ketones is 1. The Kier molecular flexibility index (Phi) is 5.48. The molecular formula is C18H22BrNO4. The Bertz CT molecular complexity index is 665. The summed E-state index contributed by atoms with van der Waals surface area (Å²) in [6, 6.07) is 6.99. The average molecular weight is 396 g/mol. The molecule has 24 heavy (non-hydrogen) atoms. The molecule has 1 aliphatic heterocycles. The fraction of sp³-hybridized carbons (Fsp3) is 0.500. The maximum atomic E-state index is 12.8. The van der Waals surface area contributed by atoms with Gasteiger partial charge in [-0.25, -0.2) is 9.69 Å². The van der Waals surface area contributed by atoms with E-state index in [1.807, 2.05) is 6.92 Å². The molecule has 1 fully saturated rings. The van der Waals surface area contributed by atoms with Crippen LogP contribution < -0.4 is 0 Å². The van der Waals surface area contributed by atoms with Gasteiger partial charge in [0.15, 0.2) is 5.78 Å². The van der Waals surface area contributed by atoms with Gasteiger partial charge in [0.25, 0.3) is 0 Å². The summed E-state index contributed by atoms with van der Waals surface area (Å²) in [5.41, 5.74) is -0.242. The minimum absolute atomic E-state index is 0.0339. The molecule has 5 nitrogen and oxygen atoms in total. The molecule has 0 spiro atoms. The summed E-state index contributed by atoms with van der Waals surface area (Å²) in [5, 5.41) is 0. The molecule has 0 radical (unpaired) electrons. The van der Waals surface area contributed by atoms with Gasteiger partial charge in [0.1, 0.15) is 11.5 Å². The number of benzene rings is 1. The highest BCUT2D eigenvalue weighted by molar-refractivity contribution is 9.10. The molecule has 2 atom stereocenters. The number of rotatable bonds is 2. The lowest BCUT2D eigenvalue weighted by Gasteiger charge is -2.35. The van der Waals surface area contributed by atoms with Crippen LogP contribution in [0.25, 0.3) is 0 Å². The Morgan fingerprint density at radius 3 is 2.46 bits per heavy atom. The summed E-state index contributed by atoms with van der Waals surface area (Å²) in [6.07, 6.45) is -0.262. The molecule has 0 aromatic heterocycles. The van der Waals surface area contributed by atoms with Gasteiger partial charge in [-0.3, -0.25) is 9.59 Å². The van der Waals surface area contributed by atoms with Crippen molar-refractivity contribution < 1.29 is 19.1 Å². The summed E-state index contributed by atoms with van der Waals surface area (Å²) in [5.74, 6) is -1.58. The SMILES string of the molecule is CC1CC(C(=O)c2ccccc2Br)C(=O)N(C(=O)OC(C)(C)C)C1. The fourth-order valence-corrected chi connectivity index (χ4v) is 3.20. The van der Waals surface area contributed by atoms with E-state index < -0.39 is 23.5 Å². The van der Waals surface area contributed by atoms with Crippen molar-refractivity contribution in [1.82, 2.24) is 4.90 Å². The second-order valence-electron chi connectivity index (χ2n) is 7.17. The van der Waals surface area contributed by atoms with E-state index in [0.717, 1.165) is 4.90 Å². The number of halogens is 1. The van der Waals surface area contributed by atoms with Gasteiger partial charge in [-0.1, -0.05) is 41.1 Å². The zero-order valence-corrected chi connectivity index (χ0v) is 15.9. The predicted octanol–water partition coefficient (Wildman–Crippen LogP) is 4.05. The minimum atomic E-state index is -0.861. The van der Waals surface area contributed by atoms with Crippen LogP contribution in [0.4, 0.5) is 4.79 Å². The van der Waals surface area contributed by atoms with E-state index in [2.05, 4.69) is 15.9 Å². The van der Waals surface area contributed by atoms with Gasteiger partial charge in [0, 0.05) is 16.6 Å². The molecular weight excluding hydrogens is 374 g/mol. The molecule has 1 aromatic carbocycles. The number of likely N-dealkylation sites (tertiary alicyclic amines) is 1.